The van der Waals surface area contributed by atoms with Crippen molar-refractivity contribution in [1.29, 1.82) is 0 Å². The van der Waals surface area contributed by atoms with Gasteiger partial charge in [0.15, 0.2) is 0 Å². The number of fused-ring (bicyclic) bond motifs is 1. The van der Waals surface area contributed by atoms with Crippen molar-refractivity contribution in [2.24, 2.45) is 0 Å². The minimum atomic E-state index is -0.359. The first-order valence-electron chi connectivity index (χ1n) is 7.21. The van der Waals surface area contributed by atoms with Crippen molar-refractivity contribution >= 4 is 34.8 Å². The van der Waals surface area contributed by atoms with Crippen LogP contribution in [-0.2, 0) is 9.59 Å². The molecule has 1 saturated heterocycles. The molecule has 5 nitrogen and oxygen atoms in total. The van der Waals surface area contributed by atoms with Crippen molar-refractivity contribution in [2.45, 2.75) is 25.8 Å². The summed E-state index contributed by atoms with van der Waals surface area (Å²) in [6.45, 7) is 3.48. The van der Waals surface area contributed by atoms with E-state index in [4.69, 9.17) is 11.6 Å². The van der Waals surface area contributed by atoms with Crippen LogP contribution in [0.2, 0.25) is 5.02 Å². The second-order valence-electron chi connectivity index (χ2n) is 5.54. The Kier molecular flexibility index (Phi) is 3.76. The Morgan fingerprint density at radius 3 is 2.81 bits per heavy atom. The molecule has 2 amide bonds. The number of nitrogens with zero attached hydrogens (tertiary/aromatic N) is 2. The number of benzene rings is 1. The average molecular weight is 308 g/mol. The summed E-state index contributed by atoms with van der Waals surface area (Å²) in [5, 5.41) is 3.73. The molecule has 1 aromatic carbocycles. The van der Waals surface area contributed by atoms with Gasteiger partial charge in [0.25, 0.3) is 0 Å². The monoisotopic (exact) mass is 307 g/mol. The van der Waals surface area contributed by atoms with Crippen LogP contribution in [0, 0.1) is 0 Å². The molecule has 0 saturated carbocycles. The van der Waals surface area contributed by atoms with Crippen LogP contribution < -0.4 is 10.2 Å². The van der Waals surface area contributed by atoms with Crippen LogP contribution >= 0.6 is 11.6 Å². The zero-order chi connectivity index (χ0) is 15.0. The summed E-state index contributed by atoms with van der Waals surface area (Å²) in [4.78, 5) is 28.1. The lowest BCUT2D eigenvalue weighted by molar-refractivity contribution is -0.130. The highest BCUT2D eigenvalue weighted by molar-refractivity contribution is 6.31. The number of amides is 2. The van der Waals surface area contributed by atoms with E-state index < -0.39 is 0 Å². The maximum Gasteiger partial charge on any atom is 0.249 e. The predicted octanol–water partition coefficient (Wildman–Crippen LogP) is 2.11. The summed E-state index contributed by atoms with van der Waals surface area (Å²) in [5.41, 5.74) is 1.51. The molecular formula is C15H18ClN3O2. The van der Waals surface area contributed by atoms with Crippen LogP contribution in [0.15, 0.2) is 18.2 Å². The van der Waals surface area contributed by atoms with Crippen molar-refractivity contribution in [3.63, 3.8) is 0 Å². The van der Waals surface area contributed by atoms with Gasteiger partial charge in [-0.1, -0.05) is 11.6 Å². The Balaban J connectivity index is 1.86. The van der Waals surface area contributed by atoms with Gasteiger partial charge in [-0.05, 0) is 38.0 Å². The number of nitrogens with one attached hydrogen (secondary N) is 1. The first-order chi connectivity index (χ1) is 10.1. The molecule has 0 aliphatic carbocycles. The van der Waals surface area contributed by atoms with Crippen LogP contribution in [0.3, 0.4) is 0 Å². The summed E-state index contributed by atoms with van der Waals surface area (Å²) in [5.74, 6) is -0.0757. The van der Waals surface area contributed by atoms with E-state index >= 15 is 0 Å². The van der Waals surface area contributed by atoms with Crippen molar-refractivity contribution in [3.05, 3.63) is 23.2 Å². The van der Waals surface area contributed by atoms with Gasteiger partial charge in [-0.2, -0.15) is 0 Å². The second-order valence-corrected chi connectivity index (χ2v) is 5.98. The third-order valence-corrected chi connectivity index (χ3v) is 4.25. The molecule has 2 heterocycles. The quantitative estimate of drug-likeness (QED) is 0.910. The van der Waals surface area contributed by atoms with Gasteiger partial charge in [-0.3, -0.25) is 14.5 Å². The number of anilines is 2. The van der Waals surface area contributed by atoms with E-state index in [-0.39, 0.29) is 24.4 Å². The number of hydrogen-bond acceptors (Lipinski definition) is 3. The highest BCUT2D eigenvalue weighted by atomic mass is 35.5. The Morgan fingerprint density at radius 1 is 1.38 bits per heavy atom. The number of hydrogen-bond donors (Lipinski definition) is 1. The number of carbonyl (C=O) groups is 2. The molecule has 2 aliphatic rings. The van der Waals surface area contributed by atoms with E-state index in [1.807, 2.05) is 4.90 Å². The molecule has 6 heteroatoms. The summed E-state index contributed by atoms with van der Waals surface area (Å²) in [7, 11) is 0. The van der Waals surface area contributed by atoms with Gasteiger partial charge in [0.05, 0.1) is 11.4 Å². The fourth-order valence-electron chi connectivity index (χ4n) is 2.87. The Morgan fingerprint density at radius 2 is 2.10 bits per heavy atom. The highest BCUT2D eigenvalue weighted by Gasteiger charge is 2.32. The largest absolute Gasteiger partial charge is 0.372 e. The second kappa shape index (κ2) is 5.56. The molecule has 3 rings (SSSR count). The van der Waals surface area contributed by atoms with Gasteiger partial charge in [0.2, 0.25) is 11.8 Å². The van der Waals surface area contributed by atoms with Crippen LogP contribution in [0.5, 0.6) is 0 Å². The minimum absolute atomic E-state index is 0.0100. The average Bonchev–Trinajstić information content (AvgIpc) is 2.97. The van der Waals surface area contributed by atoms with E-state index in [1.54, 1.807) is 30.0 Å². The molecule has 21 heavy (non-hydrogen) atoms. The summed E-state index contributed by atoms with van der Waals surface area (Å²) in [6.07, 6.45) is 2.09. The molecule has 112 valence electrons. The van der Waals surface area contributed by atoms with Crippen LogP contribution in [0.25, 0.3) is 0 Å². The first-order valence-corrected chi connectivity index (χ1v) is 7.59. The van der Waals surface area contributed by atoms with Crippen LogP contribution in [-0.4, -0.2) is 42.4 Å². The van der Waals surface area contributed by atoms with Gasteiger partial charge in [-0.15, -0.1) is 0 Å². The molecule has 0 bridgehead atoms. The van der Waals surface area contributed by atoms with Crippen LogP contribution in [0.1, 0.15) is 19.8 Å². The molecule has 2 aliphatic heterocycles. The van der Waals surface area contributed by atoms with Gasteiger partial charge in [0.1, 0.15) is 12.6 Å². The molecule has 0 spiro atoms. The van der Waals surface area contributed by atoms with Crippen molar-refractivity contribution in [2.75, 3.05) is 29.9 Å². The molecule has 1 N–H and O–H groups in total. The Hall–Kier alpha value is -1.75. The zero-order valence-electron chi connectivity index (χ0n) is 11.9. The molecule has 0 radical (unpaired) electrons. The summed E-state index contributed by atoms with van der Waals surface area (Å²) >= 11 is 6.00. The van der Waals surface area contributed by atoms with E-state index in [9.17, 15) is 9.59 Å². The smallest absolute Gasteiger partial charge is 0.249 e. The van der Waals surface area contributed by atoms with Crippen molar-refractivity contribution in [3.8, 4) is 0 Å². The SMILES string of the molecule is CC1Nc2cc(Cl)ccc2N(CC(=O)N2CCCC2)C1=O. The maximum atomic E-state index is 12.4. The lowest BCUT2D eigenvalue weighted by Crippen LogP contribution is -2.50. The minimum Gasteiger partial charge on any atom is -0.372 e. The van der Waals surface area contributed by atoms with Crippen LogP contribution in [0.4, 0.5) is 11.4 Å². The topological polar surface area (TPSA) is 52.7 Å². The van der Waals surface area contributed by atoms with E-state index in [1.165, 1.54) is 0 Å². The lowest BCUT2D eigenvalue weighted by atomic mass is 10.1. The number of rotatable bonds is 2. The van der Waals surface area contributed by atoms with Gasteiger partial charge < -0.3 is 10.2 Å². The third kappa shape index (κ3) is 2.70. The third-order valence-electron chi connectivity index (χ3n) is 4.01. The van der Waals surface area contributed by atoms with E-state index in [2.05, 4.69) is 5.32 Å². The zero-order valence-corrected chi connectivity index (χ0v) is 12.7. The summed E-state index contributed by atoms with van der Waals surface area (Å²) in [6, 6.07) is 4.94. The Labute approximate surface area is 128 Å². The number of halogens is 1. The molecule has 1 aromatic rings. The fourth-order valence-corrected chi connectivity index (χ4v) is 3.04. The Bertz CT molecular complexity index is 584. The molecule has 1 unspecified atom stereocenters. The van der Waals surface area contributed by atoms with Gasteiger partial charge >= 0.3 is 0 Å². The molecular weight excluding hydrogens is 290 g/mol. The fraction of sp³-hybridized carbons (Fsp3) is 0.467. The standard InChI is InChI=1S/C15H18ClN3O2/c1-10-15(21)19(9-14(20)18-6-2-3-7-18)13-5-4-11(16)8-12(13)17-10/h4-5,8,10,17H,2-3,6-7,9H2,1H3. The van der Waals surface area contributed by atoms with Gasteiger partial charge in [-0.25, -0.2) is 0 Å². The highest BCUT2D eigenvalue weighted by Crippen LogP contribution is 2.33. The normalized spacial score (nSPS) is 21.2. The molecule has 1 fully saturated rings. The number of carbonyl (C=O) groups excluding carboxylic acids is 2. The van der Waals surface area contributed by atoms with E-state index in [0.29, 0.717) is 5.02 Å². The maximum absolute atomic E-state index is 12.4. The predicted molar refractivity (Wildman–Crippen MR) is 82.7 cm³/mol. The van der Waals surface area contributed by atoms with Crippen molar-refractivity contribution < 1.29 is 9.59 Å². The molecule has 1 atom stereocenters. The summed E-state index contributed by atoms with van der Waals surface area (Å²) < 4.78 is 0. The first kappa shape index (κ1) is 14.2. The lowest BCUT2D eigenvalue weighted by Gasteiger charge is -2.34. The number of likely N-dealkylation sites (tertiary alicyclic amines) is 1. The van der Waals surface area contributed by atoms with Gasteiger partial charge in [0, 0.05) is 18.1 Å². The van der Waals surface area contributed by atoms with Crippen molar-refractivity contribution in [1.82, 2.24) is 4.90 Å². The molecule has 0 aromatic heterocycles. The van der Waals surface area contributed by atoms with E-state index in [0.717, 1.165) is 37.3 Å².